The van der Waals surface area contributed by atoms with E-state index in [1.807, 2.05) is 0 Å². The summed E-state index contributed by atoms with van der Waals surface area (Å²) in [5.41, 5.74) is -0.336. The zero-order valence-corrected chi connectivity index (χ0v) is 17.0. The lowest BCUT2D eigenvalue weighted by Gasteiger charge is -2.40. The van der Waals surface area contributed by atoms with Gasteiger partial charge in [0.15, 0.2) is 0 Å². The van der Waals surface area contributed by atoms with Crippen molar-refractivity contribution in [1.29, 1.82) is 0 Å². The molecule has 0 bridgehead atoms. The summed E-state index contributed by atoms with van der Waals surface area (Å²) in [6.07, 6.45) is 0. The molecule has 0 saturated heterocycles. The Kier molecular flexibility index (Phi) is 5.27. The molecule has 0 fully saturated rings. The van der Waals surface area contributed by atoms with Gasteiger partial charge in [0.1, 0.15) is 0 Å². The fourth-order valence-corrected chi connectivity index (χ4v) is 1.56. The molecule has 0 aliphatic carbocycles. The fourth-order valence-electron chi connectivity index (χ4n) is 1.40. The monoisotopic (exact) mass is 341 g/mol. The number of hydrogen-bond acceptors (Lipinski definition) is 5. The van der Waals surface area contributed by atoms with Gasteiger partial charge in [0.25, 0.3) is 0 Å². The molecule has 0 aliphatic rings. The molecule has 6 heteroatoms. The van der Waals surface area contributed by atoms with Crippen molar-refractivity contribution in [1.82, 2.24) is 15.0 Å². The van der Waals surface area contributed by atoms with E-state index in [2.05, 4.69) is 94.8 Å². The van der Waals surface area contributed by atoms with Gasteiger partial charge < -0.3 is 10.6 Å². The molecule has 0 radical (unpaired) electrons. The highest BCUT2D eigenvalue weighted by atomic mass is 35.5. The second-order valence-electron chi connectivity index (χ2n) is 9.25. The summed E-state index contributed by atoms with van der Waals surface area (Å²) in [7, 11) is 0. The predicted molar refractivity (Wildman–Crippen MR) is 99.2 cm³/mol. The van der Waals surface area contributed by atoms with E-state index in [4.69, 9.17) is 11.6 Å². The third kappa shape index (κ3) is 4.93. The van der Waals surface area contributed by atoms with Crippen LogP contribution in [0.5, 0.6) is 0 Å². The Bertz CT molecular complexity index is 507. The molecule has 1 aromatic heterocycles. The fraction of sp³-hybridized carbons (Fsp3) is 0.824. The van der Waals surface area contributed by atoms with Crippen molar-refractivity contribution in [3.05, 3.63) is 5.28 Å². The van der Waals surface area contributed by atoms with Gasteiger partial charge in [-0.25, -0.2) is 0 Å². The van der Waals surface area contributed by atoms with Gasteiger partial charge in [0.2, 0.25) is 17.2 Å². The van der Waals surface area contributed by atoms with Gasteiger partial charge in [-0.1, -0.05) is 41.5 Å². The highest BCUT2D eigenvalue weighted by Crippen LogP contribution is 2.34. The van der Waals surface area contributed by atoms with E-state index in [-0.39, 0.29) is 27.2 Å². The summed E-state index contributed by atoms with van der Waals surface area (Å²) in [5.74, 6) is 0.967. The van der Waals surface area contributed by atoms with Gasteiger partial charge in [-0.15, -0.1) is 0 Å². The van der Waals surface area contributed by atoms with Crippen LogP contribution in [-0.4, -0.2) is 26.0 Å². The van der Waals surface area contributed by atoms with E-state index < -0.39 is 0 Å². The Balaban J connectivity index is 3.10. The molecule has 1 heterocycles. The van der Waals surface area contributed by atoms with Gasteiger partial charge in [0.05, 0.1) is 0 Å². The second-order valence-corrected chi connectivity index (χ2v) is 9.59. The summed E-state index contributed by atoms with van der Waals surface area (Å²) in [6.45, 7) is 21.5. The third-order valence-corrected chi connectivity index (χ3v) is 5.38. The quantitative estimate of drug-likeness (QED) is 0.807. The summed E-state index contributed by atoms with van der Waals surface area (Å²) in [4.78, 5) is 12.9. The standard InChI is InChI=1S/C17H32ClN5/c1-14(2,3)16(7,8)22-12-19-11(18)20-13(21-12)23-17(9,10)15(4,5)6/h1-10H3,(H2,19,20,21,22,23). The Labute approximate surface area is 146 Å². The molecule has 0 unspecified atom stereocenters. The second kappa shape index (κ2) is 6.08. The van der Waals surface area contributed by atoms with Gasteiger partial charge in [0, 0.05) is 11.1 Å². The third-order valence-electron chi connectivity index (χ3n) is 5.21. The van der Waals surface area contributed by atoms with Crippen molar-refractivity contribution in [3.63, 3.8) is 0 Å². The number of halogens is 1. The molecule has 23 heavy (non-hydrogen) atoms. The van der Waals surface area contributed by atoms with Crippen LogP contribution in [0.2, 0.25) is 5.28 Å². The zero-order chi connectivity index (χ0) is 18.3. The van der Waals surface area contributed by atoms with Crippen LogP contribution in [-0.2, 0) is 0 Å². The van der Waals surface area contributed by atoms with Crippen LogP contribution < -0.4 is 10.6 Å². The summed E-state index contributed by atoms with van der Waals surface area (Å²) in [5, 5.41) is 6.93. The largest absolute Gasteiger partial charge is 0.349 e. The molecule has 0 amide bonds. The Hall–Kier alpha value is -1.10. The van der Waals surface area contributed by atoms with Crippen LogP contribution in [0, 0.1) is 10.8 Å². The number of hydrogen-bond donors (Lipinski definition) is 2. The molecular formula is C17H32ClN5. The Morgan fingerprint density at radius 2 is 0.913 bits per heavy atom. The Morgan fingerprint density at radius 1 is 0.609 bits per heavy atom. The first-order valence-corrected chi connectivity index (χ1v) is 8.41. The molecule has 0 saturated carbocycles. The van der Waals surface area contributed by atoms with E-state index in [1.54, 1.807) is 0 Å². The first-order chi connectivity index (χ1) is 10.1. The lowest BCUT2D eigenvalue weighted by atomic mass is 9.76. The van der Waals surface area contributed by atoms with Crippen molar-refractivity contribution >= 4 is 23.5 Å². The molecule has 1 rings (SSSR count). The number of nitrogens with zero attached hydrogens (tertiary/aromatic N) is 3. The van der Waals surface area contributed by atoms with Crippen LogP contribution in [0.15, 0.2) is 0 Å². The van der Waals surface area contributed by atoms with E-state index >= 15 is 0 Å². The lowest BCUT2D eigenvalue weighted by molar-refractivity contribution is 0.251. The molecular weight excluding hydrogens is 310 g/mol. The molecule has 2 N–H and O–H groups in total. The van der Waals surface area contributed by atoms with Crippen molar-refractivity contribution in [3.8, 4) is 0 Å². The number of nitrogens with one attached hydrogen (secondary N) is 2. The summed E-state index contributed by atoms with van der Waals surface area (Å²) in [6, 6.07) is 0. The molecule has 0 atom stereocenters. The van der Waals surface area contributed by atoms with Crippen molar-refractivity contribution in [2.75, 3.05) is 10.6 Å². The van der Waals surface area contributed by atoms with Crippen LogP contribution >= 0.6 is 11.6 Å². The average molecular weight is 342 g/mol. The molecule has 0 aromatic carbocycles. The molecule has 5 nitrogen and oxygen atoms in total. The Morgan fingerprint density at radius 3 is 1.17 bits per heavy atom. The predicted octanol–water partition coefficient (Wildman–Crippen LogP) is 5.00. The first-order valence-electron chi connectivity index (χ1n) is 8.03. The normalized spacial score (nSPS) is 13.9. The summed E-state index contributed by atoms with van der Waals surface area (Å²) >= 11 is 6.09. The zero-order valence-electron chi connectivity index (χ0n) is 16.2. The maximum absolute atomic E-state index is 6.09. The maximum Gasteiger partial charge on any atom is 0.229 e. The number of aromatic nitrogens is 3. The minimum absolute atomic E-state index is 0.0321. The number of rotatable bonds is 4. The SMILES string of the molecule is CC(C)(C)C(C)(C)Nc1nc(Cl)nc(NC(C)(C)C(C)(C)C)n1. The lowest BCUT2D eigenvalue weighted by Crippen LogP contribution is -2.45. The summed E-state index contributed by atoms with van der Waals surface area (Å²) < 4.78 is 0. The van der Waals surface area contributed by atoms with Crippen LogP contribution in [0.3, 0.4) is 0 Å². The molecule has 0 spiro atoms. The van der Waals surface area contributed by atoms with E-state index in [0.717, 1.165) is 0 Å². The van der Waals surface area contributed by atoms with Crippen molar-refractivity contribution in [2.24, 2.45) is 10.8 Å². The smallest absolute Gasteiger partial charge is 0.229 e. The maximum atomic E-state index is 6.09. The van der Waals surface area contributed by atoms with Gasteiger partial charge in [-0.2, -0.15) is 15.0 Å². The van der Waals surface area contributed by atoms with Crippen molar-refractivity contribution < 1.29 is 0 Å². The van der Waals surface area contributed by atoms with Gasteiger partial charge in [-0.05, 0) is 50.1 Å². The van der Waals surface area contributed by atoms with E-state index in [9.17, 15) is 0 Å². The average Bonchev–Trinajstić information content (AvgIpc) is 2.22. The van der Waals surface area contributed by atoms with Crippen LogP contribution in [0.25, 0.3) is 0 Å². The highest BCUT2D eigenvalue weighted by Gasteiger charge is 2.35. The minimum Gasteiger partial charge on any atom is -0.349 e. The van der Waals surface area contributed by atoms with Crippen LogP contribution in [0.4, 0.5) is 11.9 Å². The van der Waals surface area contributed by atoms with E-state index in [1.165, 1.54) is 0 Å². The highest BCUT2D eigenvalue weighted by molar-refractivity contribution is 6.28. The number of anilines is 2. The van der Waals surface area contributed by atoms with Gasteiger partial charge in [-0.3, -0.25) is 0 Å². The topological polar surface area (TPSA) is 62.7 Å². The minimum atomic E-state index is -0.200. The molecule has 1 aromatic rings. The van der Waals surface area contributed by atoms with Crippen LogP contribution in [0.1, 0.15) is 69.2 Å². The van der Waals surface area contributed by atoms with Crippen molar-refractivity contribution in [2.45, 2.75) is 80.3 Å². The van der Waals surface area contributed by atoms with E-state index in [0.29, 0.717) is 11.9 Å². The van der Waals surface area contributed by atoms with Gasteiger partial charge >= 0.3 is 0 Å². The molecule has 0 aliphatic heterocycles. The molecule has 132 valence electrons. The first kappa shape index (κ1) is 19.9.